The van der Waals surface area contributed by atoms with Crippen LogP contribution >= 0.6 is 11.6 Å². The summed E-state index contributed by atoms with van der Waals surface area (Å²) in [6, 6.07) is 8.40. The third-order valence-corrected chi connectivity index (χ3v) is 5.96. The average molecular weight is 415 g/mol. The van der Waals surface area contributed by atoms with Crippen LogP contribution in [0, 0.1) is 5.82 Å². The first kappa shape index (κ1) is 21.1. The molecule has 0 saturated carbocycles. The summed E-state index contributed by atoms with van der Waals surface area (Å²) in [4.78, 5) is 12.3. The van der Waals surface area contributed by atoms with Crippen molar-refractivity contribution in [1.82, 2.24) is 4.31 Å². The summed E-state index contributed by atoms with van der Waals surface area (Å²) in [5, 5.41) is 2.54. The Balaban J connectivity index is 2.13. The van der Waals surface area contributed by atoms with Crippen molar-refractivity contribution >= 4 is 33.2 Å². The zero-order valence-corrected chi connectivity index (χ0v) is 16.7. The van der Waals surface area contributed by atoms with E-state index in [9.17, 15) is 17.6 Å². The summed E-state index contributed by atoms with van der Waals surface area (Å²) in [7, 11) is 0.768. The van der Waals surface area contributed by atoms with E-state index in [1.165, 1.54) is 45.5 Å². The van der Waals surface area contributed by atoms with Crippen LogP contribution in [0.3, 0.4) is 0 Å². The molecule has 0 aliphatic rings. The lowest BCUT2D eigenvalue weighted by molar-refractivity contribution is -0.116. The van der Waals surface area contributed by atoms with Gasteiger partial charge in [-0.3, -0.25) is 4.79 Å². The number of nitrogens with zero attached hydrogens (tertiary/aromatic N) is 1. The van der Waals surface area contributed by atoms with Crippen LogP contribution in [0.4, 0.5) is 10.1 Å². The van der Waals surface area contributed by atoms with E-state index in [0.29, 0.717) is 17.0 Å². The molecule has 9 heteroatoms. The molecule has 0 radical (unpaired) electrons. The standard InChI is InChI=1S/C18H20ClFN2O4S/c1-22(2)27(24,25)14-6-8-17(26-3)12(10-14)4-9-18(23)21-13-5-7-16(20)15(19)11-13/h5-8,10-11H,4,9H2,1-3H3,(H,21,23). The van der Waals surface area contributed by atoms with Crippen LogP contribution in [0.2, 0.25) is 5.02 Å². The van der Waals surface area contributed by atoms with Crippen molar-refractivity contribution in [3.63, 3.8) is 0 Å². The highest BCUT2D eigenvalue weighted by Gasteiger charge is 2.19. The fourth-order valence-electron chi connectivity index (χ4n) is 2.37. The molecule has 146 valence electrons. The fourth-order valence-corrected chi connectivity index (χ4v) is 3.50. The van der Waals surface area contributed by atoms with Crippen molar-refractivity contribution in [2.45, 2.75) is 17.7 Å². The molecule has 0 aliphatic carbocycles. The van der Waals surface area contributed by atoms with Crippen molar-refractivity contribution < 1.29 is 22.3 Å². The number of halogens is 2. The highest BCUT2D eigenvalue weighted by Crippen LogP contribution is 2.25. The van der Waals surface area contributed by atoms with Gasteiger partial charge in [0.1, 0.15) is 11.6 Å². The number of hydrogen-bond donors (Lipinski definition) is 1. The molecule has 2 aromatic rings. The van der Waals surface area contributed by atoms with Crippen LogP contribution in [0.25, 0.3) is 0 Å². The van der Waals surface area contributed by atoms with Crippen LogP contribution in [-0.4, -0.2) is 39.8 Å². The maximum absolute atomic E-state index is 13.2. The summed E-state index contributed by atoms with van der Waals surface area (Å²) >= 11 is 5.69. The number of methoxy groups -OCH3 is 1. The van der Waals surface area contributed by atoms with Crippen LogP contribution in [0.1, 0.15) is 12.0 Å². The van der Waals surface area contributed by atoms with E-state index in [1.54, 1.807) is 6.07 Å². The summed E-state index contributed by atoms with van der Waals surface area (Å²) in [5.74, 6) is -0.399. The minimum atomic E-state index is -3.59. The molecule has 2 rings (SSSR count). The van der Waals surface area contributed by atoms with E-state index in [4.69, 9.17) is 16.3 Å². The Kier molecular flexibility index (Phi) is 6.80. The Bertz CT molecular complexity index is 948. The van der Waals surface area contributed by atoms with Crippen molar-refractivity contribution in [3.05, 3.63) is 52.8 Å². The molecule has 0 heterocycles. The molecule has 0 spiro atoms. The molecular formula is C18H20ClFN2O4S. The number of anilines is 1. The van der Waals surface area contributed by atoms with Gasteiger partial charge in [0.05, 0.1) is 17.0 Å². The summed E-state index contributed by atoms with van der Waals surface area (Å²) < 4.78 is 44.1. The minimum Gasteiger partial charge on any atom is -0.496 e. The second-order valence-electron chi connectivity index (χ2n) is 5.94. The van der Waals surface area contributed by atoms with Crippen molar-refractivity contribution in [2.24, 2.45) is 0 Å². The van der Waals surface area contributed by atoms with E-state index in [-0.39, 0.29) is 28.7 Å². The minimum absolute atomic E-state index is 0.0802. The number of benzene rings is 2. The molecule has 0 unspecified atom stereocenters. The molecular weight excluding hydrogens is 395 g/mol. The number of amides is 1. The molecule has 0 bridgehead atoms. The maximum Gasteiger partial charge on any atom is 0.242 e. The second-order valence-corrected chi connectivity index (χ2v) is 8.50. The Hall–Kier alpha value is -2.16. The van der Waals surface area contributed by atoms with Gasteiger partial charge in [0, 0.05) is 26.2 Å². The number of sulfonamides is 1. The third-order valence-electron chi connectivity index (χ3n) is 3.86. The van der Waals surface area contributed by atoms with Crippen molar-refractivity contribution in [1.29, 1.82) is 0 Å². The van der Waals surface area contributed by atoms with Gasteiger partial charge in [0.15, 0.2) is 0 Å². The van der Waals surface area contributed by atoms with Crippen LogP contribution < -0.4 is 10.1 Å². The number of nitrogens with one attached hydrogen (secondary N) is 1. The molecule has 27 heavy (non-hydrogen) atoms. The SMILES string of the molecule is COc1ccc(S(=O)(=O)N(C)C)cc1CCC(=O)Nc1ccc(F)c(Cl)c1. The quantitative estimate of drug-likeness (QED) is 0.754. The smallest absolute Gasteiger partial charge is 0.242 e. The highest BCUT2D eigenvalue weighted by molar-refractivity contribution is 7.89. The Morgan fingerprint density at radius 1 is 1.22 bits per heavy atom. The molecule has 2 aromatic carbocycles. The van der Waals surface area contributed by atoms with Gasteiger partial charge in [-0.1, -0.05) is 11.6 Å². The van der Waals surface area contributed by atoms with Gasteiger partial charge < -0.3 is 10.1 Å². The third kappa shape index (κ3) is 5.18. The van der Waals surface area contributed by atoms with Gasteiger partial charge >= 0.3 is 0 Å². The first-order valence-corrected chi connectivity index (χ1v) is 9.81. The monoisotopic (exact) mass is 414 g/mol. The number of carbonyl (C=O) groups is 1. The lowest BCUT2D eigenvalue weighted by Crippen LogP contribution is -2.22. The Morgan fingerprint density at radius 3 is 2.52 bits per heavy atom. The van der Waals surface area contributed by atoms with Gasteiger partial charge in [-0.15, -0.1) is 0 Å². The molecule has 0 fully saturated rings. The summed E-state index contributed by atoms with van der Waals surface area (Å²) in [6.45, 7) is 0. The normalized spacial score (nSPS) is 11.5. The number of aryl methyl sites for hydroxylation is 1. The predicted octanol–water partition coefficient (Wildman–Crippen LogP) is 3.31. The van der Waals surface area contributed by atoms with Crippen LogP contribution in [0.5, 0.6) is 5.75 Å². The van der Waals surface area contributed by atoms with Crippen molar-refractivity contribution in [2.75, 3.05) is 26.5 Å². The number of rotatable bonds is 7. The largest absolute Gasteiger partial charge is 0.496 e. The van der Waals surface area contributed by atoms with Gasteiger partial charge in [-0.05, 0) is 48.4 Å². The zero-order valence-electron chi connectivity index (χ0n) is 15.1. The number of carbonyl (C=O) groups excluding carboxylic acids is 1. The topological polar surface area (TPSA) is 75.7 Å². The molecule has 1 amide bonds. The van der Waals surface area contributed by atoms with Crippen molar-refractivity contribution in [3.8, 4) is 5.75 Å². The van der Waals surface area contributed by atoms with Gasteiger partial charge in [-0.25, -0.2) is 17.1 Å². The van der Waals surface area contributed by atoms with Gasteiger partial charge in [-0.2, -0.15) is 0 Å². The van der Waals surface area contributed by atoms with E-state index < -0.39 is 15.8 Å². The van der Waals surface area contributed by atoms with Gasteiger partial charge in [0.2, 0.25) is 15.9 Å². The fraction of sp³-hybridized carbons (Fsp3) is 0.278. The molecule has 6 nitrogen and oxygen atoms in total. The number of hydrogen-bond acceptors (Lipinski definition) is 4. The van der Waals surface area contributed by atoms with E-state index in [0.717, 1.165) is 10.4 Å². The summed E-state index contributed by atoms with van der Waals surface area (Å²) in [5.41, 5.74) is 0.968. The summed E-state index contributed by atoms with van der Waals surface area (Å²) in [6.07, 6.45) is 0.345. The number of ether oxygens (including phenoxy) is 1. The molecule has 0 aliphatic heterocycles. The Labute approximate surface area is 162 Å². The predicted molar refractivity (Wildman–Crippen MR) is 102 cm³/mol. The first-order valence-electron chi connectivity index (χ1n) is 7.99. The molecule has 1 N–H and O–H groups in total. The molecule has 0 saturated heterocycles. The molecule has 0 aromatic heterocycles. The average Bonchev–Trinajstić information content (AvgIpc) is 2.62. The first-order chi connectivity index (χ1) is 12.6. The van der Waals surface area contributed by atoms with Crippen LogP contribution in [-0.2, 0) is 21.2 Å². The van der Waals surface area contributed by atoms with Gasteiger partial charge in [0.25, 0.3) is 0 Å². The Morgan fingerprint density at radius 2 is 1.93 bits per heavy atom. The van der Waals surface area contributed by atoms with E-state index in [1.807, 2.05) is 0 Å². The lowest BCUT2D eigenvalue weighted by atomic mass is 10.1. The zero-order chi connectivity index (χ0) is 20.2. The van der Waals surface area contributed by atoms with Crippen LogP contribution in [0.15, 0.2) is 41.3 Å². The van der Waals surface area contributed by atoms with E-state index >= 15 is 0 Å². The highest BCUT2D eigenvalue weighted by atomic mass is 35.5. The molecule has 0 atom stereocenters. The maximum atomic E-state index is 13.2. The van der Waals surface area contributed by atoms with E-state index in [2.05, 4.69) is 5.32 Å². The lowest BCUT2D eigenvalue weighted by Gasteiger charge is -2.14. The second kappa shape index (κ2) is 8.69.